The fourth-order valence-electron chi connectivity index (χ4n) is 5.01. The highest BCUT2D eigenvalue weighted by Gasteiger charge is 2.49. The van der Waals surface area contributed by atoms with Gasteiger partial charge >= 0.3 is 0 Å². The van der Waals surface area contributed by atoms with Gasteiger partial charge in [-0.2, -0.15) is 0 Å². The van der Waals surface area contributed by atoms with E-state index in [4.69, 9.17) is 0 Å². The number of ketones is 1. The Balaban J connectivity index is 0.000000874. The number of aliphatic hydroxyl groups excluding tert-OH is 2. The van der Waals surface area contributed by atoms with Crippen LogP contribution in [0, 0.1) is 0 Å². The molecule has 0 radical (unpaired) electrons. The summed E-state index contributed by atoms with van der Waals surface area (Å²) < 4.78 is 0. The Kier molecular flexibility index (Phi) is 15.0. The molecule has 0 saturated carbocycles. The van der Waals surface area contributed by atoms with Crippen molar-refractivity contribution in [2.24, 2.45) is 0 Å². The summed E-state index contributed by atoms with van der Waals surface area (Å²) in [6.07, 6.45) is 1.18. The Morgan fingerprint density at radius 2 is 0.974 bits per heavy atom. The molecule has 0 fully saturated rings. The number of aliphatic hydroxyl groups is 2. The average Bonchev–Trinajstić information content (AvgIpc) is 3.28. The highest BCUT2D eigenvalue weighted by molar-refractivity contribution is 6.23. The minimum atomic E-state index is -0.918. The van der Waals surface area contributed by atoms with E-state index < -0.39 is 5.41 Å². The molecule has 210 valence electrons. The summed E-state index contributed by atoms with van der Waals surface area (Å²) in [4.78, 5) is 14.1. The number of rotatable bonds is 6. The number of carbonyl (C=O) groups excluding carboxylic acids is 1. The lowest BCUT2D eigenvalue weighted by Crippen LogP contribution is -2.35. The van der Waals surface area contributed by atoms with Crippen LogP contribution in [-0.4, -0.2) is 29.2 Å². The molecule has 0 amide bonds. The number of carbonyl (C=O) groups is 1. The van der Waals surface area contributed by atoms with Crippen molar-refractivity contribution in [2.45, 2.75) is 73.6 Å². The Morgan fingerprint density at radius 1 is 0.564 bits per heavy atom. The van der Waals surface area contributed by atoms with Crippen LogP contribution in [0.4, 0.5) is 0 Å². The summed E-state index contributed by atoms with van der Waals surface area (Å²) in [6, 6.07) is 28.2. The molecule has 2 N–H and O–H groups in total. The first-order valence-corrected chi connectivity index (χ1v) is 14.7. The van der Waals surface area contributed by atoms with Crippen molar-refractivity contribution >= 4 is 16.6 Å². The first-order valence-electron chi connectivity index (χ1n) is 14.7. The van der Waals surface area contributed by atoms with Crippen molar-refractivity contribution < 1.29 is 15.0 Å². The maximum Gasteiger partial charge on any atom is 0.182 e. The number of hydrogen-bond donors (Lipinski definition) is 2. The Labute approximate surface area is 236 Å². The van der Waals surface area contributed by atoms with Crippen LogP contribution in [-0.2, 0) is 18.3 Å². The minimum absolute atomic E-state index is 0.0871. The molecular formula is C36H48O3. The molecule has 0 saturated heterocycles. The van der Waals surface area contributed by atoms with Gasteiger partial charge in [0.1, 0.15) is 5.41 Å². The zero-order chi connectivity index (χ0) is 29.4. The van der Waals surface area contributed by atoms with Gasteiger partial charge in [0.05, 0.1) is 0 Å². The molecule has 39 heavy (non-hydrogen) atoms. The zero-order valence-electron chi connectivity index (χ0n) is 25.2. The SMILES string of the molecule is CC.CC.CC.CC.O=C1c2cccc3cccc(c23)C1(c1ccc(CCO)cc1)c1ccc(CCO)cc1. The highest BCUT2D eigenvalue weighted by atomic mass is 16.3. The molecule has 0 heterocycles. The van der Waals surface area contributed by atoms with E-state index in [1.54, 1.807) is 0 Å². The van der Waals surface area contributed by atoms with E-state index in [0.717, 1.165) is 44.2 Å². The topological polar surface area (TPSA) is 57.5 Å². The summed E-state index contributed by atoms with van der Waals surface area (Å²) in [5, 5.41) is 20.7. The van der Waals surface area contributed by atoms with Crippen LogP contribution < -0.4 is 0 Å². The van der Waals surface area contributed by atoms with Crippen LogP contribution >= 0.6 is 0 Å². The molecular weight excluding hydrogens is 480 g/mol. The third-order valence-corrected chi connectivity index (χ3v) is 6.47. The van der Waals surface area contributed by atoms with Crippen LogP contribution in [0.1, 0.15) is 93.6 Å². The van der Waals surface area contributed by atoms with Gasteiger partial charge in [-0.3, -0.25) is 4.79 Å². The van der Waals surface area contributed by atoms with Gasteiger partial charge in [0, 0.05) is 18.8 Å². The largest absolute Gasteiger partial charge is 0.396 e. The maximum absolute atomic E-state index is 14.1. The van der Waals surface area contributed by atoms with Gasteiger partial charge in [0.2, 0.25) is 0 Å². The summed E-state index contributed by atoms with van der Waals surface area (Å²) >= 11 is 0. The molecule has 0 unspecified atom stereocenters. The lowest BCUT2D eigenvalue weighted by atomic mass is 9.68. The molecule has 1 aliphatic rings. The van der Waals surface area contributed by atoms with Crippen molar-refractivity contribution in [3.05, 3.63) is 118 Å². The molecule has 0 bridgehead atoms. The third kappa shape index (κ3) is 6.66. The number of hydrogen-bond acceptors (Lipinski definition) is 3. The van der Waals surface area contributed by atoms with Crippen molar-refractivity contribution in [1.82, 2.24) is 0 Å². The van der Waals surface area contributed by atoms with Crippen LogP contribution in [0.2, 0.25) is 0 Å². The van der Waals surface area contributed by atoms with Gasteiger partial charge in [0.25, 0.3) is 0 Å². The normalized spacial score (nSPS) is 12.0. The van der Waals surface area contributed by atoms with E-state index in [9.17, 15) is 15.0 Å². The molecule has 1 aliphatic carbocycles. The van der Waals surface area contributed by atoms with Gasteiger partial charge in [0.15, 0.2) is 5.78 Å². The molecule has 0 spiro atoms. The smallest absolute Gasteiger partial charge is 0.182 e. The van der Waals surface area contributed by atoms with Gasteiger partial charge in [-0.05, 0) is 51.4 Å². The predicted octanol–water partition coefficient (Wildman–Crippen LogP) is 8.54. The van der Waals surface area contributed by atoms with Gasteiger partial charge in [-0.1, -0.05) is 140 Å². The van der Waals surface area contributed by atoms with E-state index >= 15 is 0 Å². The fraction of sp³-hybridized carbons (Fsp3) is 0.361. The van der Waals surface area contributed by atoms with Crippen molar-refractivity contribution in [1.29, 1.82) is 0 Å². The Hall–Kier alpha value is -3.27. The van der Waals surface area contributed by atoms with Crippen molar-refractivity contribution in [3.63, 3.8) is 0 Å². The van der Waals surface area contributed by atoms with Gasteiger partial charge < -0.3 is 10.2 Å². The van der Waals surface area contributed by atoms with Crippen LogP contribution in [0.25, 0.3) is 10.8 Å². The first kappa shape index (κ1) is 33.8. The highest BCUT2D eigenvalue weighted by Crippen LogP contribution is 2.50. The third-order valence-electron chi connectivity index (χ3n) is 6.47. The fourth-order valence-corrected chi connectivity index (χ4v) is 5.01. The molecule has 4 aromatic rings. The summed E-state index contributed by atoms with van der Waals surface area (Å²) in [5.41, 5.74) is 4.79. The second-order valence-electron chi connectivity index (χ2n) is 8.13. The van der Waals surface area contributed by atoms with Crippen molar-refractivity contribution in [2.75, 3.05) is 13.2 Å². The maximum atomic E-state index is 14.1. The second-order valence-corrected chi connectivity index (χ2v) is 8.13. The molecule has 4 aromatic carbocycles. The second kappa shape index (κ2) is 17.3. The summed E-state index contributed by atoms with van der Waals surface area (Å²) in [6.45, 7) is 16.2. The zero-order valence-corrected chi connectivity index (χ0v) is 25.2. The van der Waals surface area contributed by atoms with Crippen molar-refractivity contribution in [3.8, 4) is 0 Å². The Morgan fingerprint density at radius 3 is 1.38 bits per heavy atom. The predicted molar refractivity (Wildman–Crippen MR) is 168 cm³/mol. The van der Waals surface area contributed by atoms with Crippen LogP contribution in [0.5, 0.6) is 0 Å². The van der Waals surface area contributed by atoms with Crippen LogP contribution in [0.3, 0.4) is 0 Å². The molecule has 5 rings (SSSR count). The summed E-state index contributed by atoms with van der Waals surface area (Å²) in [7, 11) is 0. The van der Waals surface area contributed by atoms with Gasteiger partial charge in [-0.25, -0.2) is 0 Å². The van der Waals surface area contributed by atoms with Crippen LogP contribution in [0.15, 0.2) is 84.9 Å². The minimum Gasteiger partial charge on any atom is -0.396 e. The lowest BCUT2D eigenvalue weighted by molar-refractivity contribution is 0.0945. The van der Waals surface area contributed by atoms with E-state index in [1.807, 2.05) is 122 Å². The standard InChI is InChI=1S/C28H24O3.4C2H6/c29-17-15-19-7-11-22(12-8-19)28(23-13-9-20(10-14-23)16-18-30)25-6-2-4-21-3-1-5-24(26(21)25)27(28)31;4*1-2/h1-14,29-30H,15-18H2;4*1-2H3. The average molecular weight is 529 g/mol. The van der Waals surface area contributed by atoms with E-state index in [1.165, 1.54) is 0 Å². The number of benzene rings is 4. The number of Topliss-reactive ketones (excluding diaryl/α,β-unsaturated/α-hetero) is 1. The van der Waals surface area contributed by atoms with E-state index in [2.05, 4.69) is 18.2 Å². The van der Waals surface area contributed by atoms with E-state index in [-0.39, 0.29) is 19.0 Å². The Bertz CT molecular complexity index is 1200. The quantitative estimate of drug-likeness (QED) is 0.264. The summed E-state index contributed by atoms with van der Waals surface area (Å²) in [5.74, 6) is 0.0871. The van der Waals surface area contributed by atoms with Gasteiger partial charge in [-0.15, -0.1) is 0 Å². The molecule has 0 aromatic heterocycles. The first-order chi connectivity index (χ1) is 19.2. The lowest BCUT2D eigenvalue weighted by Gasteiger charge is -2.31. The van der Waals surface area contributed by atoms with E-state index in [0.29, 0.717) is 12.8 Å². The molecule has 3 nitrogen and oxygen atoms in total. The molecule has 0 aliphatic heterocycles. The molecule has 0 atom stereocenters. The monoisotopic (exact) mass is 528 g/mol. The molecule has 3 heteroatoms.